The van der Waals surface area contributed by atoms with E-state index in [9.17, 15) is 4.79 Å². The minimum Gasteiger partial charge on any atom is -0.356 e. The summed E-state index contributed by atoms with van der Waals surface area (Å²) in [6.45, 7) is 4.91. The maximum absolute atomic E-state index is 11.3. The van der Waals surface area contributed by atoms with Crippen LogP contribution in [0.1, 0.15) is 33.1 Å². The Kier molecular flexibility index (Phi) is 2.92. The molecule has 2 heteroatoms. The van der Waals surface area contributed by atoms with E-state index < -0.39 is 0 Å². The molecule has 2 atom stereocenters. The zero-order valence-corrected chi connectivity index (χ0v) is 7.39. The van der Waals surface area contributed by atoms with E-state index in [-0.39, 0.29) is 5.91 Å². The molecule has 0 aliphatic heterocycles. The van der Waals surface area contributed by atoms with E-state index in [1.165, 1.54) is 12.8 Å². The van der Waals surface area contributed by atoms with Crippen molar-refractivity contribution >= 4 is 5.91 Å². The zero-order chi connectivity index (χ0) is 8.27. The minimum atomic E-state index is 0.262. The second-order valence-electron chi connectivity index (χ2n) is 3.41. The number of rotatable bonds is 2. The van der Waals surface area contributed by atoms with Crippen LogP contribution < -0.4 is 5.32 Å². The summed E-state index contributed by atoms with van der Waals surface area (Å²) in [5.74, 6) is 1.16. The molecule has 2 nitrogen and oxygen atoms in total. The largest absolute Gasteiger partial charge is 0.356 e. The Labute approximate surface area is 68.4 Å². The molecule has 0 bridgehead atoms. The van der Waals surface area contributed by atoms with Crippen molar-refractivity contribution in [1.29, 1.82) is 0 Å². The van der Waals surface area contributed by atoms with Gasteiger partial charge in [0.1, 0.15) is 0 Å². The van der Waals surface area contributed by atoms with Gasteiger partial charge in [0.15, 0.2) is 0 Å². The minimum absolute atomic E-state index is 0.262. The highest BCUT2D eigenvalue weighted by Gasteiger charge is 2.28. The Morgan fingerprint density at radius 2 is 2.27 bits per heavy atom. The number of amides is 1. The Bertz CT molecular complexity index is 144. The first-order valence-electron chi connectivity index (χ1n) is 4.53. The van der Waals surface area contributed by atoms with E-state index in [1.807, 2.05) is 6.92 Å². The number of carbonyl (C=O) groups excluding carboxylic acids is 1. The summed E-state index contributed by atoms with van der Waals surface area (Å²) in [4.78, 5) is 11.3. The maximum atomic E-state index is 11.3. The van der Waals surface area contributed by atoms with Gasteiger partial charge in [0.05, 0.1) is 0 Å². The van der Waals surface area contributed by atoms with Crippen molar-refractivity contribution in [3.05, 3.63) is 0 Å². The fraction of sp³-hybridized carbons (Fsp3) is 0.889. The highest BCUT2D eigenvalue weighted by Crippen LogP contribution is 2.30. The molecule has 11 heavy (non-hydrogen) atoms. The maximum Gasteiger partial charge on any atom is 0.223 e. The summed E-state index contributed by atoms with van der Waals surface area (Å²) in [5, 5.41) is 2.88. The second-order valence-corrected chi connectivity index (χ2v) is 3.41. The average molecular weight is 155 g/mol. The van der Waals surface area contributed by atoms with Crippen molar-refractivity contribution in [1.82, 2.24) is 5.32 Å². The fourth-order valence-corrected chi connectivity index (χ4v) is 1.84. The van der Waals surface area contributed by atoms with Crippen LogP contribution in [-0.2, 0) is 4.79 Å². The van der Waals surface area contributed by atoms with Gasteiger partial charge in [-0.05, 0) is 25.7 Å². The van der Waals surface area contributed by atoms with Gasteiger partial charge in [0.2, 0.25) is 5.91 Å². The molecular weight excluding hydrogens is 138 g/mol. The number of hydrogen-bond donors (Lipinski definition) is 1. The first-order chi connectivity index (χ1) is 5.25. The van der Waals surface area contributed by atoms with Gasteiger partial charge in [-0.15, -0.1) is 0 Å². The van der Waals surface area contributed by atoms with Gasteiger partial charge in [-0.3, -0.25) is 4.79 Å². The van der Waals surface area contributed by atoms with Crippen LogP contribution in [-0.4, -0.2) is 12.5 Å². The van der Waals surface area contributed by atoms with Crippen LogP contribution in [0.4, 0.5) is 0 Å². The van der Waals surface area contributed by atoms with Crippen LogP contribution in [0, 0.1) is 11.8 Å². The van der Waals surface area contributed by atoms with Gasteiger partial charge in [-0.1, -0.05) is 13.3 Å². The fourth-order valence-electron chi connectivity index (χ4n) is 1.84. The average Bonchev–Trinajstić information content (AvgIpc) is 2.36. The van der Waals surface area contributed by atoms with Crippen molar-refractivity contribution in [3.8, 4) is 0 Å². The predicted molar refractivity (Wildman–Crippen MR) is 45.2 cm³/mol. The third-order valence-electron chi connectivity index (χ3n) is 2.55. The second kappa shape index (κ2) is 3.74. The van der Waals surface area contributed by atoms with Crippen molar-refractivity contribution in [3.63, 3.8) is 0 Å². The predicted octanol–water partition coefficient (Wildman–Crippen LogP) is 1.56. The van der Waals surface area contributed by atoms with Gasteiger partial charge >= 0.3 is 0 Å². The lowest BCUT2D eigenvalue weighted by atomic mass is 9.97. The molecule has 0 spiro atoms. The molecule has 0 saturated heterocycles. The molecule has 0 radical (unpaired) electrons. The van der Waals surface area contributed by atoms with Crippen LogP contribution in [0.3, 0.4) is 0 Å². The number of carbonyl (C=O) groups is 1. The summed E-state index contributed by atoms with van der Waals surface area (Å²) < 4.78 is 0. The van der Waals surface area contributed by atoms with E-state index in [0.29, 0.717) is 11.8 Å². The third kappa shape index (κ3) is 1.95. The quantitative estimate of drug-likeness (QED) is 0.644. The van der Waals surface area contributed by atoms with E-state index in [1.54, 1.807) is 0 Å². The molecule has 64 valence electrons. The van der Waals surface area contributed by atoms with E-state index >= 15 is 0 Å². The molecular formula is C9H17NO. The Balaban J connectivity index is 2.39. The summed E-state index contributed by atoms with van der Waals surface area (Å²) >= 11 is 0. The van der Waals surface area contributed by atoms with Crippen LogP contribution in [0.5, 0.6) is 0 Å². The molecule has 2 unspecified atom stereocenters. The molecule has 1 aliphatic carbocycles. The molecule has 0 aromatic heterocycles. The SMILES string of the molecule is CCNC(=O)C1CCCC1C. The topological polar surface area (TPSA) is 29.1 Å². The summed E-state index contributed by atoms with van der Waals surface area (Å²) in [5.41, 5.74) is 0. The van der Waals surface area contributed by atoms with Crippen LogP contribution in [0.15, 0.2) is 0 Å². The third-order valence-corrected chi connectivity index (χ3v) is 2.55. The first-order valence-corrected chi connectivity index (χ1v) is 4.53. The van der Waals surface area contributed by atoms with Crippen molar-refractivity contribution in [2.75, 3.05) is 6.54 Å². The monoisotopic (exact) mass is 155 g/mol. The van der Waals surface area contributed by atoms with Gasteiger partial charge in [0.25, 0.3) is 0 Å². The van der Waals surface area contributed by atoms with Crippen LogP contribution in [0.2, 0.25) is 0 Å². The Morgan fingerprint density at radius 3 is 2.73 bits per heavy atom. The smallest absolute Gasteiger partial charge is 0.223 e. The standard InChI is InChI=1S/C9H17NO/c1-3-10-9(11)8-6-4-5-7(8)2/h7-8H,3-6H2,1-2H3,(H,10,11). The molecule has 1 rings (SSSR count). The number of nitrogens with one attached hydrogen (secondary N) is 1. The molecule has 0 aromatic rings. The van der Waals surface area contributed by atoms with Gasteiger partial charge in [-0.2, -0.15) is 0 Å². The molecule has 1 aliphatic rings. The van der Waals surface area contributed by atoms with E-state index in [0.717, 1.165) is 13.0 Å². The van der Waals surface area contributed by atoms with Gasteiger partial charge < -0.3 is 5.32 Å². The van der Waals surface area contributed by atoms with Crippen LogP contribution in [0.25, 0.3) is 0 Å². The molecule has 0 heterocycles. The van der Waals surface area contributed by atoms with Crippen LogP contribution >= 0.6 is 0 Å². The van der Waals surface area contributed by atoms with Crippen molar-refractivity contribution < 1.29 is 4.79 Å². The molecule has 1 fully saturated rings. The Hall–Kier alpha value is -0.530. The first kappa shape index (κ1) is 8.57. The highest BCUT2D eigenvalue weighted by atomic mass is 16.1. The van der Waals surface area contributed by atoms with E-state index in [2.05, 4.69) is 12.2 Å². The lowest BCUT2D eigenvalue weighted by Crippen LogP contribution is -2.31. The summed E-state index contributed by atoms with van der Waals surface area (Å²) in [6.07, 6.45) is 3.54. The highest BCUT2D eigenvalue weighted by molar-refractivity contribution is 5.79. The molecule has 1 amide bonds. The normalized spacial score (nSPS) is 30.4. The lowest BCUT2D eigenvalue weighted by Gasteiger charge is -2.13. The molecule has 0 aromatic carbocycles. The van der Waals surface area contributed by atoms with Gasteiger partial charge in [0, 0.05) is 12.5 Å². The summed E-state index contributed by atoms with van der Waals surface area (Å²) in [6, 6.07) is 0. The Morgan fingerprint density at radius 1 is 1.55 bits per heavy atom. The lowest BCUT2D eigenvalue weighted by molar-refractivity contribution is -0.125. The number of hydrogen-bond acceptors (Lipinski definition) is 1. The van der Waals surface area contributed by atoms with Gasteiger partial charge in [-0.25, -0.2) is 0 Å². The van der Waals surface area contributed by atoms with Crippen molar-refractivity contribution in [2.45, 2.75) is 33.1 Å². The van der Waals surface area contributed by atoms with E-state index in [4.69, 9.17) is 0 Å². The van der Waals surface area contributed by atoms with Crippen molar-refractivity contribution in [2.24, 2.45) is 11.8 Å². The summed E-state index contributed by atoms with van der Waals surface area (Å²) in [7, 11) is 0. The molecule has 1 N–H and O–H groups in total. The molecule has 1 saturated carbocycles. The zero-order valence-electron chi connectivity index (χ0n) is 7.39.